The van der Waals surface area contributed by atoms with Crippen molar-refractivity contribution in [1.29, 1.82) is 0 Å². The SMILES string of the molecule is CC[C@@H](C(=O)NC1CCCC1)N(C(=O)Cn1nnc(-c2ccc(OC)c(OC)c2)n1)c1ccccc1. The van der Waals surface area contributed by atoms with E-state index in [0.29, 0.717) is 35.0 Å². The van der Waals surface area contributed by atoms with Crippen LogP contribution in [0.2, 0.25) is 0 Å². The molecule has 4 rings (SSSR count). The van der Waals surface area contributed by atoms with Gasteiger partial charge in [-0.05, 0) is 54.8 Å². The van der Waals surface area contributed by atoms with E-state index in [2.05, 4.69) is 20.7 Å². The van der Waals surface area contributed by atoms with Gasteiger partial charge in [0.05, 0.1) is 14.2 Å². The molecule has 1 aliphatic rings. The molecule has 1 aromatic heterocycles. The van der Waals surface area contributed by atoms with E-state index in [0.717, 1.165) is 25.7 Å². The van der Waals surface area contributed by atoms with Crippen molar-refractivity contribution in [3.8, 4) is 22.9 Å². The molecule has 10 nitrogen and oxygen atoms in total. The second-order valence-electron chi connectivity index (χ2n) is 8.73. The molecule has 0 aliphatic heterocycles. The number of amides is 2. The van der Waals surface area contributed by atoms with Crippen molar-refractivity contribution in [1.82, 2.24) is 25.5 Å². The van der Waals surface area contributed by atoms with E-state index in [1.807, 2.05) is 37.3 Å². The monoisotopic (exact) mass is 492 g/mol. The third kappa shape index (κ3) is 5.64. The average molecular weight is 493 g/mol. The Kier molecular flexibility index (Phi) is 8.14. The Labute approximate surface area is 210 Å². The Morgan fingerprint density at radius 3 is 2.47 bits per heavy atom. The Hall–Kier alpha value is -3.95. The minimum atomic E-state index is -0.644. The van der Waals surface area contributed by atoms with Crippen molar-refractivity contribution in [3.63, 3.8) is 0 Å². The van der Waals surface area contributed by atoms with Gasteiger partial charge >= 0.3 is 0 Å². The first-order valence-electron chi connectivity index (χ1n) is 12.2. The third-order valence-corrected chi connectivity index (χ3v) is 6.38. The lowest BCUT2D eigenvalue weighted by Crippen LogP contribution is -2.52. The molecule has 1 N–H and O–H groups in total. The molecule has 1 saturated carbocycles. The van der Waals surface area contributed by atoms with E-state index in [4.69, 9.17) is 9.47 Å². The van der Waals surface area contributed by atoms with Crippen LogP contribution < -0.4 is 19.7 Å². The van der Waals surface area contributed by atoms with E-state index in [1.165, 1.54) is 4.80 Å². The molecule has 2 aromatic carbocycles. The highest BCUT2D eigenvalue weighted by Gasteiger charge is 2.32. The predicted octanol–water partition coefficient (Wildman–Crippen LogP) is 3.23. The van der Waals surface area contributed by atoms with Crippen LogP contribution in [0.4, 0.5) is 5.69 Å². The number of ether oxygens (including phenoxy) is 2. The minimum absolute atomic E-state index is 0.140. The number of methoxy groups -OCH3 is 2. The fourth-order valence-electron chi connectivity index (χ4n) is 4.54. The van der Waals surface area contributed by atoms with Gasteiger partial charge in [0.1, 0.15) is 12.6 Å². The second-order valence-corrected chi connectivity index (χ2v) is 8.73. The van der Waals surface area contributed by atoms with Gasteiger partial charge < -0.3 is 14.8 Å². The Morgan fingerprint density at radius 1 is 1.08 bits per heavy atom. The van der Waals surface area contributed by atoms with E-state index >= 15 is 0 Å². The molecule has 0 saturated heterocycles. The summed E-state index contributed by atoms with van der Waals surface area (Å²) in [4.78, 5) is 29.6. The summed E-state index contributed by atoms with van der Waals surface area (Å²) in [5.41, 5.74) is 1.32. The molecule has 0 radical (unpaired) electrons. The Bertz CT molecular complexity index is 1180. The molecule has 0 spiro atoms. The van der Waals surface area contributed by atoms with Crippen molar-refractivity contribution in [3.05, 3.63) is 48.5 Å². The maximum atomic E-state index is 13.6. The molecule has 36 heavy (non-hydrogen) atoms. The number of carbonyl (C=O) groups excluding carboxylic acids is 2. The van der Waals surface area contributed by atoms with Gasteiger partial charge in [-0.15, -0.1) is 10.2 Å². The first-order valence-corrected chi connectivity index (χ1v) is 12.2. The maximum Gasteiger partial charge on any atom is 0.251 e. The molecular weight excluding hydrogens is 460 g/mol. The maximum absolute atomic E-state index is 13.6. The highest BCUT2D eigenvalue weighted by atomic mass is 16.5. The van der Waals surface area contributed by atoms with Crippen molar-refractivity contribution in [2.45, 2.75) is 57.7 Å². The summed E-state index contributed by atoms with van der Waals surface area (Å²) >= 11 is 0. The largest absolute Gasteiger partial charge is 0.493 e. The van der Waals surface area contributed by atoms with Gasteiger partial charge in [0.2, 0.25) is 11.7 Å². The van der Waals surface area contributed by atoms with Crippen molar-refractivity contribution in [2.24, 2.45) is 0 Å². The van der Waals surface area contributed by atoms with Crippen LogP contribution in [0.25, 0.3) is 11.4 Å². The third-order valence-electron chi connectivity index (χ3n) is 6.38. The number of carbonyl (C=O) groups is 2. The van der Waals surface area contributed by atoms with Crippen LogP contribution in [0.5, 0.6) is 11.5 Å². The topological polar surface area (TPSA) is 111 Å². The van der Waals surface area contributed by atoms with Gasteiger partial charge in [-0.2, -0.15) is 4.80 Å². The van der Waals surface area contributed by atoms with E-state index in [1.54, 1.807) is 37.3 Å². The van der Waals surface area contributed by atoms with Crippen LogP contribution in [0.1, 0.15) is 39.0 Å². The standard InChI is InChI=1S/C26H32N6O4/c1-4-21(26(34)27-19-10-8-9-11-19)32(20-12-6-5-7-13-20)24(33)17-31-29-25(28-30-31)18-14-15-22(35-2)23(16-18)36-3/h5-7,12-16,19,21H,4,8-11,17H2,1-3H3,(H,27,34)/t21-/m0/s1. The lowest BCUT2D eigenvalue weighted by molar-refractivity contribution is -0.127. The smallest absolute Gasteiger partial charge is 0.251 e. The zero-order valence-electron chi connectivity index (χ0n) is 20.9. The minimum Gasteiger partial charge on any atom is -0.493 e. The molecule has 0 bridgehead atoms. The van der Waals surface area contributed by atoms with Crippen LogP contribution in [-0.4, -0.2) is 58.3 Å². The van der Waals surface area contributed by atoms with E-state index in [-0.39, 0.29) is 24.4 Å². The normalized spacial score (nSPS) is 14.3. The van der Waals surface area contributed by atoms with Crippen molar-refractivity contribution in [2.75, 3.05) is 19.1 Å². The lowest BCUT2D eigenvalue weighted by atomic mass is 10.1. The number of aromatic nitrogens is 4. The van der Waals surface area contributed by atoms with E-state index in [9.17, 15) is 9.59 Å². The van der Waals surface area contributed by atoms with Crippen LogP contribution >= 0.6 is 0 Å². The number of nitrogens with one attached hydrogen (secondary N) is 1. The fourth-order valence-corrected chi connectivity index (χ4v) is 4.54. The number of para-hydroxylation sites is 1. The highest BCUT2D eigenvalue weighted by Crippen LogP contribution is 2.30. The summed E-state index contributed by atoms with van der Waals surface area (Å²) in [5.74, 6) is 1.03. The van der Waals surface area contributed by atoms with Crippen LogP contribution in [-0.2, 0) is 16.1 Å². The van der Waals surface area contributed by atoms with Gasteiger partial charge in [0.15, 0.2) is 11.5 Å². The predicted molar refractivity (Wildman–Crippen MR) is 135 cm³/mol. The van der Waals surface area contributed by atoms with Gasteiger partial charge in [0.25, 0.3) is 5.91 Å². The number of rotatable bonds is 10. The number of benzene rings is 2. The molecule has 1 fully saturated rings. The summed E-state index contributed by atoms with van der Waals surface area (Å²) in [7, 11) is 3.11. The molecule has 1 aliphatic carbocycles. The van der Waals surface area contributed by atoms with Gasteiger partial charge in [-0.1, -0.05) is 38.0 Å². The van der Waals surface area contributed by atoms with Crippen molar-refractivity contribution < 1.29 is 19.1 Å². The van der Waals surface area contributed by atoms with Crippen LogP contribution in [0.3, 0.4) is 0 Å². The molecule has 2 amide bonds. The van der Waals surface area contributed by atoms with Crippen molar-refractivity contribution >= 4 is 17.5 Å². The average Bonchev–Trinajstić information content (AvgIpc) is 3.59. The summed E-state index contributed by atoms with van der Waals surface area (Å²) in [5, 5.41) is 15.7. The molecule has 0 unspecified atom stereocenters. The summed E-state index contributed by atoms with van der Waals surface area (Å²) in [6.45, 7) is 1.74. The fraction of sp³-hybridized carbons (Fsp3) is 0.423. The zero-order valence-corrected chi connectivity index (χ0v) is 20.9. The molecule has 3 aromatic rings. The quantitative estimate of drug-likeness (QED) is 0.462. The number of hydrogen-bond acceptors (Lipinski definition) is 7. The molecule has 190 valence electrons. The lowest BCUT2D eigenvalue weighted by Gasteiger charge is -2.31. The number of anilines is 1. The zero-order chi connectivity index (χ0) is 25.5. The molecular formula is C26H32N6O4. The molecule has 10 heteroatoms. The van der Waals surface area contributed by atoms with Gasteiger partial charge in [-0.25, -0.2) is 0 Å². The van der Waals surface area contributed by atoms with Gasteiger partial charge in [0, 0.05) is 17.3 Å². The first-order chi connectivity index (χ1) is 17.5. The number of nitrogens with zero attached hydrogens (tertiary/aromatic N) is 5. The van der Waals surface area contributed by atoms with Crippen LogP contribution in [0.15, 0.2) is 48.5 Å². The Morgan fingerprint density at radius 2 is 1.81 bits per heavy atom. The summed E-state index contributed by atoms with van der Waals surface area (Å²) < 4.78 is 10.6. The van der Waals surface area contributed by atoms with E-state index < -0.39 is 6.04 Å². The van der Waals surface area contributed by atoms with Gasteiger partial charge in [-0.3, -0.25) is 14.5 Å². The number of tetrazole rings is 1. The summed E-state index contributed by atoms with van der Waals surface area (Å²) in [6, 6.07) is 14.0. The molecule has 1 heterocycles. The number of hydrogen-bond donors (Lipinski definition) is 1. The Balaban J connectivity index is 1.55. The molecule has 1 atom stereocenters. The summed E-state index contributed by atoms with van der Waals surface area (Å²) in [6.07, 6.45) is 4.65. The highest BCUT2D eigenvalue weighted by molar-refractivity contribution is 6.00. The van der Waals surface area contributed by atoms with Crippen LogP contribution in [0, 0.1) is 0 Å². The second kappa shape index (κ2) is 11.7. The first kappa shape index (κ1) is 25.2.